The Morgan fingerprint density at radius 3 is 1.09 bits per heavy atom. The lowest BCUT2D eigenvalue weighted by Crippen LogP contribution is -2.12. The van der Waals surface area contributed by atoms with Crippen molar-refractivity contribution in [3.63, 3.8) is 0 Å². The molecule has 0 heterocycles. The smallest absolute Gasteiger partial charge is 0.0684 e. The van der Waals surface area contributed by atoms with E-state index in [9.17, 15) is 0 Å². The van der Waals surface area contributed by atoms with Crippen LogP contribution in [0.3, 0.4) is 0 Å². The predicted molar refractivity (Wildman–Crippen MR) is 96.2 cm³/mol. The number of hydrogen-bond donors (Lipinski definition) is 1. The first-order valence-corrected chi connectivity index (χ1v) is 7.89. The van der Waals surface area contributed by atoms with Gasteiger partial charge in [-0.05, 0) is 22.0 Å². The van der Waals surface area contributed by atoms with E-state index in [2.05, 4.69) is 90.1 Å². The van der Waals surface area contributed by atoms with Crippen molar-refractivity contribution in [3.8, 4) is 0 Å². The van der Waals surface area contributed by atoms with E-state index in [1.165, 1.54) is 11.1 Å². The van der Waals surface area contributed by atoms with Gasteiger partial charge in [0.25, 0.3) is 0 Å². The summed E-state index contributed by atoms with van der Waals surface area (Å²) < 4.78 is 0. The standard InChI is InChI=1S/C21H27N/c1-20(2,3)17-11-7-15(8-12-17)19(22)16-9-13-18(14-10-16)21(4,5)6/h7-14,22H,1-6H3. The first-order chi connectivity index (χ1) is 10.1. The summed E-state index contributed by atoms with van der Waals surface area (Å²) in [5, 5.41) is 8.42. The predicted octanol–water partition coefficient (Wildman–Crippen LogP) is 5.70. The Kier molecular flexibility index (Phi) is 4.28. The van der Waals surface area contributed by atoms with Crippen LogP contribution in [0.1, 0.15) is 63.8 Å². The topological polar surface area (TPSA) is 23.9 Å². The maximum atomic E-state index is 8.42. The van der Waals surface area contributed by atoms with Crippen molar-refractivity contribution in [2.45, 2.75) is 52.4 Å². The van der Waals surface area contributed by atoms with Crippen molar-refractivity contribution in [1.82, 2.24) is 0 Å². The monoisotopic (exact) mass is 293 g/mol. The molecule has 0 aliphatic rings. The van der Waals surface area contributed by atoms with Gasteiger partial charge in [0.15, 0.2) is 0 Å². The first kappa shape index (κ1) is 16.5. The molecule has 0 spiro atoms. The quantitative estimate of drug-likeness (QED) is 0.687. The number of benzene rings is 2. The van der Waals surface area contributed by atoms with Crippen LogP contribution in [0.5, 0.6) is 0 Å². The summed E-state index contributed by atoms with van der Waals surface area (Å²) in [6, 6.07) is 16.8. The van der Waals surface area contributed by atoms with Crippen LogP contribution in [-0.4, -0.2) is 5.71 Å². The third kappa shape index (κ3) is 3.65. The summed E-state index contributed by atoms with van der Waals surface area (Å²) in [4.78, 5) is 0. The van der Waals surface area contributed by atoms with E-state index in [0.29, 0.717) is 5.71 Å². The first-order valence-electron chi connectivity index (χ1n) is 7.89. The Morgan fingerprint density at radius 1 is 0.591 bits per heavy atom. The van der Waals surface area contributed by atoms with E-state index >= 15 is 0 Å². The molecule has 0 aliphatic heterocycles. The van der Waals surface area contributed by atoms with Crippen LogP contribution in [-0.2, 0) is 10.8 Å². The largest absolute Gasteiger partial charge is 0.300 e. The third-order valence-corrected chi connectivity index (χ3v) is 4.08. The molecule has 22 heavy (non-hydrogen) atoms. The summed E-state index contributed by atoms with van der Waals surface area (Å²) in [7, 11) is 0. The van der Waals surface area contributed by atoms with E-state index < -0.39 is 0 Å². The molecule has 2 rings (SSSR count). The summed E-state index contributed by atoms with van der Waals surface area (Å²) >= 11 is 0. The van der Waals surface area contributed by atoms with Gasteiger partial charge in [-0.15, -0.1) is 0 Å². The molecule has 0 radical (unpaired) electrons. The second-order valence-electron chi connectivity index (χ2n) is 8.03. The zero-order valence-electron chi connectivity index (χ0n) is 14.6. The van der Waals surface area contributed by atoms with Gasteiger partial charge in [-0.3, -0.25) is 5.41 Å². The molecule has 0 aromatic heterocycles. The lowest BCUT2D eigenvalue weighted by atomic mass is 9.85. The minimum Gasteiger partial charge on any atom is -0.300 e. The molecule has 0 atom stereocenters. The van der Waals surface area contributed by atoms with Crippen molar-refractivity contribution in [2.24, 2.45) is 0 Å². The van der Waals surface area contributed by atoms with E-state index in [0.717, 1.165) is 11.1 Å². The van der Waals surface area contributed by atoms with Crippen molar-refractivity contribution >= 4 is 5.71 Å². The molecule has 0 amide bonds. The molecule has 2 aromatic carbocycles. The zero-order chi connectivity index (χ0) is 16.5. The summed E-state index contributed by atoms with van der Waals surface area (Å²) in [5.74, 6) is 0. The molecule has 0 unspecified atom stereocenters. The molecule has 1 N–H and O–H groups in total. The van der Waals surface area contributed by atoms with Crippen molar-refractivity contribution in [1.29, 1.82) is 5.41 Å². The van der Waals surface area contributed by atoms with Gasteiger partial charge in [0, 0.05) is 11.1 Å². The Bertz CT molecular complexity index is 588. The average Bonchev–Trinajstić information content (AvgIpc) is 2.45. The van der Waals surface area contributed by atoms with Gasteiger partial charge in [-0.2, -0.15) is 0 Å². The molecular formula is C21H27N. The fourth-order valence-corrected chi connectivity index (χ4v) is 2.44. The van der Waals surface area contributed by atoms with Crippen LogP contribution in [0.25, 0.3) is 0 Å². The van der Waals surface area contributed by atoms with Gasteiger partial charge in [0.2, 0.25) is 0 Å². The Morgan fingerprint density at radius 2 is 0.864 bits per heavy atom. The number of nitrogens with one attached hydrogen (secondary N) is 1. The highest BCUT2D eigenvalue weighted by atomic mass is 14.4. The maximum absolute atomic E-state index is 8.42. The van der Waals surface area contributed by atoms with Crippen molar-refractivity contribution < 1.29 is 0 Å². The normalized spacial score (nSPS) is 12.3. The van der Waals surface area contributed by atoms with Crippen LogP contribution < -0.4 is 0 Å². The SMILES string of the molecule is CC(C)(C)c1ccc(C(=N)c2ccc(C(C)(C)C)cc2)cc1. The molecule has 0 saturated heterocycles. The summed E-state index contributed by atoms with van der Waals surface area (Å²) in [6.07, 6.45) is 0. The average molecular weight is 293 g/mol. The van der Waals surface area contributed by atoms with Crippen molar-refractivity contribution in [2.75, 3.05) is 0 Å². The summed E-state index contributed by atoms with van der Waals surface area (Å²) in [5.41, 5.74) is 5.41. The molecule has 0 fully saturated rings. The second kappa shape index (κ2) is 5.72. The van der Waals surface area contributed by atoms with Gasteiger partial charge in [-0.1, -0.05) is 90.1 Å². The van der Waals surface area contributed by atoms with Gasteiger partial charge >= 0.3 is 0 Å². The Hall–Kier alpha value is -1.89. The highest BCUT2D eigenvalue weighted by molar-refractivity contribution is 6.10. The van der Waals surface area contributed by atoms with Gasteiger partial charge < -0.3 is 0 Å². The van der Waals surface area contributed by atoms with Crippen molar-refractivity contribution in [3.05, 3.63) is 70.8 Å². The molecule has 2 aromatic rings. The van der Waals surface area contributed by atoms with Crippen LogP contribution in [0.2, 0.25) is 0 Å². The minimum absolute atomic E-state index is 0.148. The fourth-order valence-electron chi connectivity index (χ4n) is 2.44. The Balaban J connectivity index is 2.25. The van der Waals surface area contributed by atoms with Crippen LogP contribution in [0.15, 0.2) is 48.5 Å². The third-order valence-electron chi connectivity index (χ3n) is 4.08. The molecule has 0 saturated carbocycles. The summed E-state index contributed by atoms with van der Waals surface area (Å²) in [6.45, 7) is 13.2. The lowest BCUT2D eigenvalue weighted by Gasteiger charge is -2.20. The molecule has 1 nitrogen and oxygen atoms in total. The van der Waals surface area contributed by atoms with Gasteiger partial charge in [-0.25, -0.2) is 0 Å². The maximum Gasteiger partial charge on any atom is 0.0684 e. The van der Waals surface area contributed by atoms with Crippen LogP contribution in [0, 0.1) is 5.41 Å². The molecule has 0 bridgehead atoms. The molecule has 1 heteroatoms. The van der Waals surface area contributed by atoms with E-state index in [4.69, 9.17) is 5.41 Å². The highest BCUT2D eigenvalue weighted by Gasteiger charge is 2.15. The highest BCUT2D eigenvalue weighted by Crippen LogP contribution is 2.24. The zero-order valence-corrected chi connectivity index (χ0v) is 14.6. The molecule has 116 valence electrons. The number of rotatable bonds is 2. The Labute approximate surface area is 134 Å². The van der Waals surface area contributed by atoms with Crippen LogP contribution >= 0.6 is 0 Å². The van der Waals surface area contributed by atoms with Gasteiger partial charge in [0.1, 0.15) is 0 Å². The minimum atomic E-state index is 0.148. The van der Waals surface area contributed by atoms with E-state index in [1.54, 1.807) is 0 Å². The molecular weight excluding hydrogens is 266 g/mol. The van der Waals surface area contributed by atoms with Gasteiger partial charge in [0.05, 0.1) is 5.71 Å². The second-order valence-corrected chi connectivity index (χ2v) is 8.03. The fraction of sp³-hybridized carbons (Fsp3) is 0.381. The van der Waals surface area contributed by atoms with E-state index in [-0.39, 0.29) is 10.8 Å². The van der Waals surface area contributed by atoms with E-state index in [1.807, 2.05) is 0 Å². The molecule has 0 aliphatic carbocycles. The lowest BCUT2D eigenvalue weighted by molar-refractivity contribution is 0.590. The van der Waals surface area contributed by atoms with Crippen LogP contribution in [0.4, 0.5) is 0 Å². The number of hydrogen-bond acceptors (Lipinski definition) is 1.